The van der Waals surface area contributed by atoms with Crippen molar-refractivity contribution in [2.45, 2.75) is 58.7 Å². The molecule has 2 N–H and O–H groups in total. The van der Waals surface area contributed by atoms with Gasteiger partial charge in [0.15, 0.2) is 0 Å². The minimum absolute atomic E-state index is 0.0603. The number of carbonyl (C=O) groups excluding carboxylic acids is 1. The lowest BCUT2D eigenvalue weighted by Gasteiger charge is -2.51. The second-order valence-electron chi connectivity index (χ2n) is 5.66. The Kier molecular flexibility index (Phi) is 4.55. The summed E-state index contributed by atoms with van der Waals surface area (Å²) in [5.41, 5.74) is -0.606. The van der Waals surface area contributed by atoms with Crippen LogP contribution in [0.2, 0.25) is 0 Å². The van der Waals surface area contributed by atoms with Crippen LogP contribution in [0, 0.1) is 5.92 Å². The molecule has 100 valence electrons. The molecule has 0 radical (unpaired) electrons. The van der Waals surface area contributed by atoms with Crippen LogP contribution in [-0.4, -0.2) is 46.7 Å². The van der Waals surface area contributed by atoms with E-state index in [-0.39, 0.29) is 23.9 Å². The van der Waals surface area contributed by atoms with Crippen molar-refractivity contribution in [2.75, 3.05) is 13.1 Å². The zero-order valence-electron chi connectivity index (χ0n) is 11.7. The zero-order valence-corrected chi connectivity index (χ0v) is 11.7. The molecule has 4 heteroatoms. The summed E-state index contributed by atoms with van der Waals surface area (Å²) in [6, 6.07) is 0.0678. The van der Waals surface area contributed by atoms with E-state index in [0.717, 1.165) is 6.42 Å². The molecule has 0 saturated carbocycles. The number of carbonyl (C=O) groups is 1. The van der Waals surface area contributed by atoms with E-state index in [1.165, 1.54) is 0 Å². The summed E-state index contributed by atoms with van der Waals surface area (Å²) in [6.07, 6.45) is 0.939. The van der Waals surface area contributed by atoms with Gasteiger partial charge in [-0.3, -0.25) is 9.69 Å². The van der Waals surface area contributed by atoms with Crippen LogP contribution in [0.3, 0.4) is 0 Å². The Labute approximate surface area is 104 Å². The number of amides is 1. The van der Waals surface area contributed by atoms with Crippen LogP contribution in [-0.2, 0) is 4.79 Å². The standard InChI is InChI=1S/C13H26N2O2/c1-6-10(4)14-12(16)11(5)15-7-13(17,8-15)9(2)3/h9-11,17H,6-8H2,1-5H3,(H,14,16). The number of β-amino-alcohol motifs (C(OH)–C–C–N with tert-alkyl or cyclic N) is 1. The molecular weight excluding hydrogens is 216 g/mol. The number of aliphatic hydroxyl groups is 1. The van der Waals surface area contributed by atoms with E-state index < -0.39 is 5.60 Å². The number of hydrogen-bond donors (Lipinski definition) is 2. The van der Waals surface area contributed by atoms with Crippen LogP contribution in [0.5, 0.6) is 0 Å². The second kappa shape index (κ2) is 5.36. The molecular formula is C13H26N2O2. The zero-order chi connectivity index (χ0) is 13.2. The first-order valence-corrected chi connectivity index (χ1v) is 6.57. The molecule has 1 aliphatic heterocycles. The number of likely N-dealkylation sites (tertiary alicyclic amines) is 1. The van der Waals surface area contributed by atoms with Crippen molar-refractivity contribution >= 4 is 5.91 Å². The first-order chi connectivity index (χ1) is 7.80. The average molecular weight is 242 g/mol. The van der Waals surface area contributed by atoms with E-state index >= 15 is 0 Å². The average Bonchev–Trinajstić information content (AvgIpc) is 2.22. The van der Waals surface area contributed by atoms with Gasteiger partial charge in [-0.25, -0.2) is 0 Å². The molecule has 0 spiro atoms. The minimum Gasteiger partial charge on any atom is -0.387 e. The van der Waals surface area contributed by atoms with Crippen LogP contribution < -0.4 is 5.32 Å². The summed E-state index contributed by atoms with van der Waals surface area (Å²) in [5, 5.41) is 13.1. The third-order valence-corrected chi connectivity index (χ3v) is 3.96. The van der Waals surface area contributed by atoms with Gasteiger partial charge in [-0.1, -0.05) is 20.8 Å². The molecule has 1 heterocycles. The van der Waals surface area contributed by atoms with Gasteiger partial charge in [0, 0.05) is 19.1 Å². The van der Waals surface area contributed by atoms with Gasteiger partial charge in [0.2, 0.25) is 5.91 Å². The van der Waals surface area contributed by atoms with Crippen molar-refractivity contribution in [2.24, 2.45) is 5.92 Å². The molecule has 2 unspecified atom stereocenters. The largest absolute Gasteiger partial charge is 0.387 e. The van der Waals surface area contributed by atoms with Gasteiger partial charge < -0.3 is 10.4 Å². The van der Waals surface area contributed by atoms with Crippen LogP contribution in [0.1, 0.15) is 41.0 Å². The molecule has 0 aliphatic carbocycles. The van der Waals surface area contributed by atoms with Crippen molar-refractivity contribution in [3.8, 4) is 0 Å². The van der Waals surface area contributed by atoms with Crippen LogP contribution in [0.15, 0.2) is 0 Å². The smallest absolute Gasteiger partial charge is 0.237 e. The molecule has 1 saturated heterocycles. The first-order valence-electron chi connectivity index (χ1n) is 6.57. The van der Waals surface area contributed by atoms with Crippen molar-refractivity contribution in [3.63, 3.8) is 0 Å². The Morgan fingerprint density at radius 2 is 1.88 bits per heavy atom. The second-order valence-corrected chi connectivity index (χ2v) is 5.66. The molecule has 1 amide bonds. The third kappa shape index (κ3) is 3.19. The van der Waals surface area contributed by atoms with Gasteiger partial charge in [-0.2, -0.15) is 0 Å². The van der Waals surface area contributed by atoms with Crippen LogP contribution in [0.4, 0.5) is 0 Å². The molecule has 4 nitrogen and oxygen atoms in total. The minimum atomic E-state index is -0.606. The topological polar surface area (TPSA) is 52.6 Å². The summed E-state index contributed by atoms with van der Waals surface area (Å²) in [7, 11) is 0. The predicted octanol–water partition coefficient (Wildman–Crippen LogP) is 0.992. The molecule has 1 fully saturated rings. The molecule has 0 aromatic carbocycles. The number of nitrogens with one attached hydrogen (secondary N) is 1. The van der Waals surface area contributed by atoms with Gasteiger partial charge in [0.05, 0.1) is 11.6 Å². The van der Waals surface area contributed by atoms with Crippen LogP contribution in [0.25, 0.3) is 0 Å². The van der Waals surface area contributed by atoms with Gasteiger partial charge in [-0.15, -0.1) is 0 Å². The maximum absolute atomic E-state index is 11.9. The van der Waals surface area contributed by atoms with E-state index in [0.29, 0.717) is 13.1 Å². The SMILES string of the molecule is CCC(C)NC(=O)C(C)N1CC(O)(C(C)C)C1. The number of rotatable bonds is 5. The number of hydrogen-bond acceptors (Lipinski definition) is 3. The van der Waals surface area contributed by atoms with Crippen molar-refractivity contribution < 1.29 is 9.90 Å². The van der Waals surface area contributed by atoms with E-state index in [1.54, 1.807) is 0 Å². The highest BCUT2D eigenvalue weighted by Gasteiger charge is 2.46. The molecule has 2 atom stereocenters. The highest BCUT2D eigenvalue weighted by Crippen LogP contribution is 2.30. The lowest BCUT2D eigenvalue weighted by atomic mass is 9.82. The van der Waals surface area contributed by atoms with E-state index in [1.807, 2.05) is 32.6 Å². The van der Waals surface area contributed by atoms with E-state index in [2.05, 4.69) is 12.2 Å². The van der Waals surface area contributed by atoms with Crippen molar-refractivity contribution in [1.82, 2.24) is 10.2 Å². The van der Waals surface area contributed by atoms with Crippen molar-refractivity contribution in [3.05, 3.63) is 0 Å². The fourth-order valence-corrected chi connectivity index (χ4v) is 1.93. The molecule has 0 aromatic heterocycles. The Bertz CT molecular complexity index is 273. The Balaban J connectivity index is 2.41. The first kappa shape index (κ1) is 14.5. The lowest BCUT2D eigenvalue weighted by molar-refractivity contribution is -0.154. The summed E-state index contributed by atoms with van der Waals surface area (Å²) in [5.74, 6) is 0.300. The Morgan fingerprint density at radius 1 is 1.35 bits per heavy atom. The van der Waals surface area contributed by atoms with Gasteiger partial charge in [-0.05, 0) is 26.2 Å². The maximum atomic E-state index is 11.9. The maximum Gasteiger partial charge on any atom is 0.237 e. The quantitative estimate of drug-likeness (QED) is 0.756. The summed E-state index contributed by atoms with van der Waals surface area (Å²) in [6.45, 7) is 11.2. The molecule has 1 aliphatic rings. The van der Waals surface area contributed by atoms with Gasteiger partial charge in [0.25, 0.3) is 0 Å². The summed E-state index contributed by atoms with van der Waals surface area (Å²) >= 11 is 0. The fraction of sp³-hybridized carbons (Fsp3) is 0.923. The molecule has 1 rings (SSSR count). The Hall–Kier alpha value is -0.610. The third-order valence-electron chi connectivity index (χ3n) is 3.96. The lowest BCUT2D eigenvalue weighted by Crippen LogP contribution is -2.68. The normalized spacial score (nSPS) is 23.0. The summed E-state index contributed by atoms with van der Waals surface area (Å²) in [4.78, 5) is 13.9. The van der Waals surface area contributed by atoms with E-state index in [9.17, 15) is 9.90 Å². The van der Waals surface area contributed by atoms with Crippen LogP contribution >= 0.6 is 0 Å². The highest BCUT2D eigenvalue weighted by atomic mass is 16.3. The van der Waals surface area contributed by atoms with Gasteiger partial charge in [0.1, 0.15) is 0 Å². The highest BCUT2D eigenvalue weighted by molar-refractivity contribution is 5.81. The number of nitrogens with zero attached hydrogens (tertiary/aromatic N) is 1. The molecule has 17 heavy (non-hydrogen) atoms. The molecule has 0 aromatic rings. The Morgan fingerprint density at radius 3 is 2.29 bits per heavy atom. The molecule has 0 bridgehead atoms. The van der Waals surface area contributed by atoms with Gasteiger partial charge >= 0.3 is 0 Å². The van der Waals surface area contributed by atoms with E-state index in [4.69, 9.17) is 0 Å². The predicted molar refractivity (Wildman–Crippen MR) is 68.7 cm³/mol. The monoisotopic (exact) mass is 242 g/mol. The summed E-state index contributed by atoms with van der Waals surface area (Å²) < 4.78 is 0. The van der Waals surface area contributed by atoms with Crippen molar-refractivity contribution in [1.29, 1.82) is 0 Å². The fourth-order valence-electron chi connectivity index (χ4n) is 1.93.